The maximum atomic E-state index is 10.1. The molecule has 1 atom stereocenters. The maximum absolute atomic E-state index is 10.1. The van der Waals surface area contributed by atoms with Gasteiger partial charge in [-0.1, -0.05) is 12.1 Å². The maximum Gasteiger partial charge on any atom is 0.161 e. The predicted molar refractivity (Wildman–Crippen MR) is 85.4 cm³/mol. The van der Waals surface area contributed by atoms with E-state index in [1.807, 2.05) is 24.3 Å². The lowest BCUT2D eigenvalue weighted by molar-refractivity contribution is -0.0254. The summed E-state index contributed by atoms with van der Waals surface area (Å²) >= 11 is 0. The van der Waals surface area contributed by atoms with E-state index in [-0.39, 0.29) is 6.61 Å². The van der Waals surface area contributed by atoms with Crippen LogP contribution in [-0.4, -0.2) is 60.7 Å². The second-order valence-electron chi connectivity index (χ2n) is 5.93. The number of likely N-dealkylation sites (tertiary alicyclic amines) is 1. The van der Waals surface area contributed by atoms with Gasteiger partial charge in [-0.05, 0) is 44.4 Å². The van der Waals surface area contributed by atoms with Crippen LogP contribution in [0.25, 0.3) is 0 Å². The SMILES string of the molecule is COc1ccccc1OCCCN1CCCC(O)(CO)CC1. The van der Waals surface area contributed by atoms with E-state index < -0.39 is 5.60 Å². The van der Waals surface area contributed by atoms with Gasteiger partial charge in [-0.15, -0.1) is 0 Å². The lowest BCUT2D eigenvalue weighted by atomic mass is 9.96. The summed E-state index contributed by atoms with van der Waals surface area (Å²) in [5, 5.41) is 19.4. The van der Waals surface area contributed by atoms with Gasteiger partial charge in [-0.25, -0.2) is 0 Å². The van der Waals surface area contributed by atoms with E-state index in [1.54, 1.807) is 7.11 Å². The Bertz CT molecular complexity index is 454. The first-order valence-electron chi connectivity index (χ1n) is 7.98. The molecule has 0 aromatic heterocycles. The molecular formula is C17H27NO4. The van der Waals surface area contributed by atoms with Crippen LogP contribution in [-0.2, 0) is 0 Å². The normalized spacial score (nSPS) is 23.0. The molecule has 0 amide bonds. The number of ether oxygens (including phenoxy) is 2. The highest BCUT2D eigenvalue weighted by molar-refractivity contribution is 5.39. The molecule has 0 aliphatic carbocycles. The molecule has 1 heterocycles. The number of methoxy groups -OCH3 is 1. The Kier molecular flexibility index (Phi) is 6.49. The fraction of sp³-hybridized carbons (Fsp3) is 0.647. The highest BCUT2D eigenvalue weighted by Crippen LogP contribution is 2.26. The van der Waals surface area contributed by atoms with Crippen molar-refractivity contribution in [2.75, 3.05) is 40.0 Å². The van der Waals surface area contributed by atoms with Gasteiger partial charge < -0.3 is 24.6 Å². The third-order valence-corrected chi connectivity index (χ3v) is 4.25. The van der Waals surface area contributed by atoms with Gasteiger partial charge in [-0.2, -0.15) is 0 Å². The van der Waals surface area contributed by atoms with Gasteiger partial charge in [-0.3, -0.25) is 0 Å². The van der Waals surface area contributed by atoms with Crippen molar-refractivity contribution < 1.29 is 19.7 Å². The van der Waals surface area contributed by atoms with Crippen molar-refractivity contribution in [2.45, 2.75) is 31.3 Å². The molecule has 2 N–H and O–H groups in total. The van der Waals surface area contributed by atoms with Crippen LogP contribution in [0.4, 0.5) is 0 Å². The van der Waals surface area contributed by atoms with Gasteiger partial charge in [0.05, 0.1) is 25.9 Å². The summed E-state index contributed by atoms with van der Waals surface area (Å²) in [5.41, 5.74) is -0.886. The number of benzene rings is 1. The average Bonchev–Trinajstić information content (AvgIpc) is 2.74. The van der Waals surface area contributed by atoms with Crippen LogP contribution in [0.5, 0.6) is 11.5 Å². The summed E-state index contributed by atoms with van der Waals surface area (Å²) < 4.78 is 11.0. The Labute approximate surface area is 132 Å². The fourth-order valence-corrected chi connectivity index (χ4v) is 2.82. The zero-order valence-corrected chi connectivity index (χ0v) is 13.3. The molecule has 1 saturated heterocycles. The summed E-state index contributed by atoms with van der Waals surface area (Å²) in [5.74, 6) is 1.53. The number of hydrogen-bond acceptors (Lipinski definition) is 5. The molecule has 5 heteroatoms. The molecule has 0 spiro atoms. The summed E-state index contributed by atoms with van der Waals surface area (Å²) in [6, 6.07) is 7.65. The standard InChI is InChI=1S/C17H27NO4/c1-21-15-6-2-3-7-16(15)22-13-5-11-18-10-4-8-17(20,14-19)9-12-18/h2-3,6-7,19-20H,4-5,8-14H2,1H3. The van der Waals surface area contributed by atoms with Gasteiger partial charge in [0.25, 0.3) is 0 Å². The van der Waals surface area contributed by atoms with Crippen molar-refractivity contribution >= 4 is 0 Å². The number of nitrogens with zero attached hydrogens (tertiary/aromatic N) is 1. The minimum atomic E-state index is -0.886. The van der Waals surface area contributed by atoms with Gasteiger partial charge >= 0.3 is 0 Å². The molecule has 2 rings (SSSR count). The summed E-state index contributed by atoms with van der Waals surface area (Å²) in [6.45, 7) is 3.23. The van der Waals surface area contributed by atoms with E-state index in [0.29, 0.717) is 19.4 Å². The first-order chi connectivity index (χ1) is 10.7. The predicted octanol–water partition coefficient (Wildman–Crippen LogP) is 1.67. The van der Waals surface area contributed by atoms with Gasteiger partial charge in [0, 0.05) is 13.1 Å². The summed E-state index contributed by atoms with van der Waals surface area (Å²) in [7, 11) is 1.64. The molecule has 0 radical (unpaired) electrons. The number of aliphatic hydroxyl groups is 2. The first-order valence-corrected chi connectivity index (χ1v) is 7.98. The van der Waals surface area contributed by atoms with E-state index in [1.165, 1.54) is 0 Å². The fourth-order valence-electron chi connectivity index (χ4n) is 2.82. The topological polar surface area (TPSA) is 62.2 Å². The molecule has 124 valence electrons. The van der Waals surface area contributed by atoms with Gasteiger partial charge in [0.15, 0.2) is 11.5 Å². The van der Waals surface area contributed by atoms with Crippen molar-refractivity contribution in [3.63, 3.8) is 0 Å². The highest BCUT2D eigenvalue weighted by atomic mass is 16.5. The minimum absolute atomic E-state index is 0.141. The zero-order chi connectivity index (χ0) is 15.8. The van der Waals surface area contributed by atoms with E-state index in [9.17, 15) is 10.2 Å². The zero-order valence-electron chi connectivity index (χ0n) is 13.3. The third-order valence-electron chi connectivity index (χ3n) is 4.25. The molecule has 1 fully saturated rings. The largest absolute Gasteiger partial charge is 0.493 e. The Morgan fingerprint density at radius 2 is 1.95 bits per heavy atom. The molecule has 1 aliphatic heterocycles. The summed E-state index contributed by atoms with van der Waals surface area (Å²) in [4.78, 5) is 2.33. The van der Waals surface area contributed by atoms with Crippen molar-refractivity contribution in [2.24, 2.45) is 0 Å². The van der Waals surface area contributed by atoms with Gasteiger partial charge in [0.1, 0.15) is 0 Å². The Morgan fingerprint density at radius 1 is 1.18 bits per heavy atom. The van der Waals surface area contributed by atoms with Crippen molar-refractivity contribution in [3.8, 4) is 11.5 Å². The van der Waals surface area contributed by atoms with E-state index in [4.69, 9.17) is 9.47 Å². The molecule has 22 heavy (non-hydrogen) atoms. The molecule has 1 aromatic rings. The second kappa shape index (κ2) is 8.36. The van der Waals surface area contributed by atoms with Crippen LogP contribution < -0.4 is 9.47 Å². The van der Waals surface area contributed by atoms with E-state index in [0.717, 1.165) is 44.0 Å². The van der Waals surface area contributed by atoms with Crippen LogP contribution in [0.1, 0.15) is 25.7 Å². The van der Waals surface area contributed by atoms with Crippen LogP contribution in [0.2, 0.25) is 0 Å². The number of hydrogen-bond donors (Lipinski definition) is 2. The Hall–Kier alpha value is -1.30. The van der Waals surface area contributed by atoms with Crippen LogP contribution in [0.15, 0.2) is 24.3 Å². The lowest BCUT2D eigenvalue weighted by Crippen LogP contribution is -2.35. The van der Waals surface area contributed by atoms with Gasteiger partial charge in [0.2, 0.25) is 0 Å². The smallest absolute Gasteiger partial charge is 0.161 e. The summed E-state index contributed by atoms with van der Waals surface area (Å²) in [6.07, 6.45) is 3.16. The van der Waals surface area contributed by atoms with Crippen molar-refractivity contribution in [3.05, 3.63) is 24.3 Å². The van der Waals surface area contributed by atoms with Crippen molar-refractivity contribution in [1.29, 1.82) is 0 Å². The second-order valence-corrected chi connectivity index (χ2v) is 5.93. The first kappa shape index (κ1) is 17.1. The molecule has 1 aliphatic rings. The highest BCUT2D eigenvalue weighted by Gasteiger charge is 2.28. The monoisotopic (exact) mass is 309 g/mol. The quantitative estimate of drug-likeness (QED) is 0.750. The molecular weight excluding hydrogens is 282 g/mol. The van der Waals surface area contributed by atoms with Crippen LogP contribution in [0, 0.1) is 0 Å². The minimum Gasteiger partial charge on any atom is -0.493 e. The number of rotatable bonds is 7. The average molecular weight is 309 g/mol. The number of para-hydroxylation sites is 2. The van der Waals surface area contributed by atoms with Crippen LogP contribution in [0.3, 0.4) is 0 Å². The Morgan fingerprint density at radius 3 is 2.68 bits per heavy atom. The van der Waals surface area contributed by atoms with E-state index >= 15 is 0 Å². The molecule has 0 saturated carbocycles. The van der Waals surface area contributed by atoms with Crippen LogP contribution >= 0.6 is 0 Å². The third kappa shape index (κ3) is 4.87. The number of aliphatic hydroxyl groups excluding tert-OH is 1. The molecule has 1 aromatic carbocycles. The molecule has 0 bridgehead atoms. The molecule has 1 unspecified atom stereocenters. The Balaban J connectivity index is 1.70. The van der Waals surface area contributed by atoms with Crippen molar-refractivity contribution in [1.82, 2.24) is 4.90 Å². The molecule has 5 nitrogen and oxygen atoms in total. The lowest BCUT2D eigenvalue weighted by Gasteiger charge is -2.24. The van der Waals surface area contributed by atoms with E-state index in [2.05, 4.69) is 4.90 Å².